The summed E-state index contributed by atoms with van der Waals surface area (Å²) in [5.74, 6) is 0.652. The van der Waals surface area contributed by atoms with Crippen LogP contribution < -0.4 is 0 Å². The average Bonchev–Trinajstić information content (AvgIpc) is 3.18. The molecule has 0 saturated carbocycles. The van der Waals surface area contributed by atoms with Crippen molar-refractivity contribution < 1.29 is 9.47 Å². The maximum Gasteiger partial charge on any atom is 0.104 e. The van der Waals surface area contributed by atoms with Crippen molar-refractivity contribution in [3.8, 4) is 0 Å². The summed E-state index contributed by atoms with van der Waals surface area (Å²) in [4.78, 5) is 9.74. The van der Waals surface area contributed by atoms with E-state index in [1.54, 1.807) is 0 Å². The lowest BCUT2D eigenvalue weighted by Crippen LogP contribution is -2.44. The summed E-state index contributed by atoms with van der Waals surface area (Å²) in [5.41, 5.74) is 2.11. The van der Waals surface area contributed by atoms with Crippen LogP contribution in [-0.4, -0.2) is 72.9 Å². The summed E-state index contributed by atoms with van der Waals surface area (Å²) < 4.78 is 12.3. The summed E-state index contributed by atoms with van der Waals surface area (Å²) in [6.07, 6.45) is 3.85. The van der Waals surface area contributed by atoms with Crippen molar-refractivity contribution in [1.82, 2.24) is 14.8 Å². The van der Waals surface area contributed by atoms with Crippen molar-refractivity contribution >= 4 is 0 Å². The molecular weight excluding hydrogens is 314 g/mol. The monoisotopic (exact) mass is 345 g/mol. The standard InChI is InChI=1S/C20H31N3O2/c1-17-5-4-6-19(21-17)13-23-9-10-24-16-20(15-23)11-18(14-25-20)12-22-7-2-3-8-22/h4-6,18H,2-3,7-16H2,1H3. The minimum Gasteiger partial charge on any atom is -0.377 e. The fraction of sp³-hybridized carbons (Fsp3) is 0.750. The summed E-state index contributed by atoms with van der Waals surface area (Å²) in [5, 5.41) is 0. The quantitative estimate of drug-likeness (QED) is 0.835. The van der Waals surface area contributed by atoms with Crippen LogP contribution in [0.2, 0.25) is 0 Å². The van der Waals surface area contributed by atoms with Gasteiger partial charge >= 0.3 is 0 Å². The number of aromatic nitrogens is 1. The third-order valence-corrected chi connectivity index (χ3v) is 5.76. The molecule has 1 aromatic rings. The molecule has 1 spiro atoms. The van der Waals surface area contributed by atoms with Gasteiger partial charge in [0, 0.05) is 31.9 Å². The number of ether oxygens (including phenoxy) is 2. The van der Waals surface area contributed by atoms with Crippen LogP contribution in [0.3, 0.4) is 0 Å². The molecular formula is C20H31N3O2. The molecule has 3 aliphatic heterocycles. The predicted molar refractivity (Wildman–Crippen MR) is 97.5 cm³/mol. The van der Waals surface area contributed by atoms with Crippen LogP contribution in [0, 0.1) is 12.8 Å². The van der Waals surface area contributed by atoms with Crippen molar-refractivity contribution in [2.45, 2.75) is 38.3 Å². The van der Waals surface area contributed by atoms with Crippen LogP contribution in [0.1, 0.15) is 30.7 Å². The second-order valence-corrected chi connectivity index (χ2v) is 8.11. The molecule has 138 valence electrons. The van der Waals surface area contributed by atoms with E-state index >= 15 is 0 Å². The molecule has 0 radical (unpaired) electrons. The average molecular weight is 345 g/mol. The molecule has 0 N–H and O–H groups in total. The van der Waals surface area contributed by atoms with Gasteiger partial charge in [-0.15, -0.1) is 0 Å². The molecule has 3 aliphatic rings. The van der Waals surface area contributed by atoms with Crippen LogP contribution in [0.5, 0.6) is 0 Å². The van der Waals surface area contributed by atoms with Gasteiger partial charge in [0.15, 0.2) is 0 Å². The highest BCUT2D eigenvalue weighted by Gasteiger charge is 2.43. The van der Waals surface area contributed by atoms with Gasteiger partial charge in [-0.05, 0) is 57.3 Å². The molecule has 3 saturated heterocycles. The Morgan fingerprint density at radius 3 is 2.92 bits per heavy atom. The molecule has 25 heavy (non-hydrogen) atoms. The second-order valence-electron chi connectivity index (χ2n) is 8.11. The Morgan fingerprint density at radius 1 is 1.20 bits per heavy atom. The molecule has 2 atom stereocenters. The molecule has 0 amide bonds. The zero-order valence-electron chi connectivity index (χ0n) is 15.5. The largest absolute Gasteiger partial charge is 0.377 e. The number of nitrogens with zero attached hydrogens (tertiary/aromatic N) is 3. The molecule has 0 aromatic carbocycles. The van der Waals surface area contributed by atoms with Crippen LogP contribution in [0.25, 0.3) is 0 Å². The van der Waals surface area contributed by atoms with Crippen molar-refractivity contribution in [2.24, 2.45) is 5.92 Å². The van der Waals surface area contributed by atoms with Crippen LogP contribution >= 0.6 is 0 Å². The van der Waals surface area contributed by atoms with Gasteiger partial charge in [-0.2, -0.15) is 0 Å². The highest BCUT2D eigenvalue weighted by atomic mass is 16.5. The van der Waals surface area contributed by atoms with Gasteiger partial charge in [-0.1, -0.05) is 6.07 Å². The Morgan fingerprint density at radius 2 is 2.08 bits per heavy atom. The van der Waals surface area contributed by atoms with E-state index in [4.69, 9.17) is 9.47 Å². The number of aryl methyl sites for hydroxylation is 1. The van der Waals surface area contributed by atoms with E-state index in [1.165, 1.54) is 32.5 Å². The van der Waals surface area contributed by atoms with Gasteiger partial charge < -0.3 is 14.4 Å². The van der Waals surface area contributed by atoms with Crippen molar-refractivity contribution in [3.05, 3.63) is 29.6 Å². The Labute approximate surface area is 151 Å². The molecule has 1 aromatic heterocycles. The lowest BCUT2D eigenvalue weighted by atomic mass is 9.94. The van der Waals surface area contributed by atoms with Gasteiger partial charge in [0.1, 0.15) is 5.60 Å². The van der Waals surface area contributed by atoms with Crippen LogP contribution in [0.15, 0.2) is 18.2 Å². The van der Waals surface area contributed by atoms with E-state index in [-0.39, 0.29) is 5.60 Å². The maximum absolute atomic E-state index is 6.36. The third-order valence-electron chi connectivity index (χ3n) is 5.76. The highest BCUT2D eigenvalue weighted by molar-refractivity contribution is 5.10. The van der Waals surface area contributed by atoms with Crippen molar-refractivity contribution in [1.29, 1.82) is 0 Å². The topological polar surface area (TPSA) is 37.8 Å². The molecule has 4 rings (SSSR count). The Balaban J connectivity index is 1.37. The minimum atomic E-state index is -0.120. The molecule has 0 bridgehead atoms. The van der Waals surface area contributed by atoms with Crippen LogP contribution in [-0.2, 0) is 16.0 Å². The summed E-state index contributed by atoms with van der Waals surface area (Å²) in [6.45, 7) is 11.0. The Bertz CT molecular complexity index is 576. The van der Waals surface area contributed by atoms with Gasteiger partial charge in [0.25, 0.3) is 0 Å². The summed E-state index contributed by atoms with van der Waals surface area (Å²) >= 11 is 0. The first-order valence-corrected chi connectivity index (χ1v) is 9.80. The highest BCUT2D eigenvalue weighted by Crippen LogP contribution is 2.34. The van der Waals surface area contributed by atoms with Gasteiger partial charge in [0.05, 0.1) is 25.5 Å². The first kappa shape index (κ1) is 17.4. The summed E-state index contributed by atoms with van der Waals surface area (Å²) in [6, 6.07) is 6.27. The summed E-state index contributed by atoms with van der Waals surface area (Å²) in [7, 11) is 0. The fourth-order valence-electron chi connectivity index (χ4n) is 4.63. The number of likely N-dealkylation sites (tertiary alicyclic amines) is 1. The van der Waals surface area contributed by atoms with Crippen LogP contribution in [0.4, 0.5) is 0 Å². The number of hydrogen-bond donors (Lipinski definition) is 0. The molecule has 4 heterocycles. The van der Waals surface area contributed by atoms with E-state index in [9.17, 15) is 0 Å². The normalized spacial score (nSPS) is 31.6. The Kier molecular flexibility index (Phi) is 5.36. The Hall–Kier alpha value is -1.01. The van der Waals surface area contributed by atoms with Gasteiger partial charge in [-0.25, -0.2) is 0 Å². The molecule has 5 nitrogen and oxygen atoms in total. The van der Waals surface area contributed by atoms with E-state index in [1.807, 2.05) is 0 Å². The fourth-order valence-corrected chi connectivity index (χ4v) is 4.63. The lowest BCUT2D eigenvalue weighted by molar-refractivity contribution is -0.0563. The smallest absolute Gasteiger partial charge is 0.104 e. The van der Waals surface area contributed by atoms with Gasteiger partial charge in [-0.3, -0.25) is 9.88 Å². The third kappa shape index (κ3) is 4.40. The lowest BCUT2D eigenvalue weighted by Gasteiger charge is -2.31. The second kappa shape index (κ2) is 7.70. The zero-order chi connectivity index (χ0) is 17.1. The molecule has 3 fully saturated rings. The van der Waals surface area contributed by atoms with Gasteiger partial charge in [0.2, 0.25) is 0 Å². The first-order valence-electron chi connectivity index (χ1n) is 9.80. The number of rotatable bonds is 4. The molecule has 2 unspecified atom stereocenters. The molecule has 5 heteroatoms. The zero-order valence-corrected chi connectivity index (χ0v) is 15.5. The first-order chi connectivity index (χ1) is 12.2. The van der Waals surface area contributed by atoms with E-state index in [2.05, 4.69) is 39.9 Å². The predicted octanol–water partition coefficient (Wildman–Crippen LogP) is 2.09. The minimum absolute atomic E-state index is 0.120. The number of hydrogen-bond acceptors (Lipinski definition) is 5. The molecule has 0 aliphatic carbocycles. The van der Waals surface area contributed by atoms with Crippen molar-refractivity contribution in [2.75, 3.05) is 52.5 Å². The van der Waals surface area contributed by atoms with Crippen molar-refractivity contribution in [3.63, 3.8) is 0 Å². The maximum atomic E-state index is 6.36. The van der Waals surface area contributed by atoms with E-state index < -0.39 is 0 Å². The van der Waals surface area contributed by atoms with E-state index in [0.717, 1.165) is 57.3 Å². The SMILES string of the molecule is Cc1cccc(CN2CCOCC3(CC(CN4CCCC4)CO3)C2)n1. The van der Waals surface area contributed by atoms with E-state index in [0.29, 0.717) is 5.92 Å². The number of pyridine rings is 1.